The predicted octanol–water partition coefficient (Wildman–Crippen LogP) is -0.217. The van der Waals surface area contributed by atoms with Gasteiger partial charge in [-0.05, 0) is 24.3 Å². The van der Waals surface area contributed by atoms with Crippen LogP contribution >= 0.6 is 0 Å². The fourth-order valence-corrected chi connectivity index (χ4v) is 2.06. The van der Waals surface area contributed by atoms with Crippen molar-refractivity contribution in [3.63, 3.8) is 0 Å². The van der Waals surface area contributed by atoms with Gasteiger partial charge in [0.2, 0.25) is 0 Å². The van der Waals surface area contributed by atoms with Crippen LogP contribution in [0.3, 0.4) is 0 Å². The first-order valence-corrected chi connectivity index (χ1v) is 6.03. The zero-order valence-electron chi connectivity index (χ0n) is 10.5. The minimum atomic E-state index is -0.824. The number of hydrogen-bond acceptors (Lipinski definition) is 4. The van der Waals surface area contributed by atoms with Crippen LogP contribution in [0.5, 0.6) is 0 Å². The first kappa shape index (κ1) is 14.1. The lowest BCUT2D eigenvalue weighted by molar-refractivity contribution is -0.124. The molecule has 108 valence electrons. The number of benzene rings is 1. The SMILES string of the molecule is NC(=O)N1CC(O)CC1C(=O)NNc1ccc(F)cc1. The molecule has 0 saturated carbocycles. The molecular formula is C12H15FN4O3. The number of urea groups is 1. The zero-order valence-corrected chi connectivity index (χ0v) is 10.5. The van der Waals surface area contributed by atoms with Crippen LogP contribution in [0.1, 0.15) is 6.42 Å². The number of rotatable bonds is 3. The summed E-state index contributed by atoms with van der Waals surface area (Å²) in [5, 5.41) is 9.49. The number of halogens is 1. The van der Waals surface area contributed by atoms with Crippen LogP contribution in [0.15, 0.2) is 24.3 Å². The van der Waals surface area contributed by atoms with Crippen molar-refractivity contribution in [3.8, 4) is 0 Å². The standard InChI is InChI=1S/C12H15FN4O3/c13-7-1-3-8(4-2-7)15-16-11(19)10-5-9(18)6-17(10)12(14)20/h1-4,9-10,15,18H,5-6H2,(H2,14,20)(H,16,19). The molecule has 1 aliphatic rings. The Bertz CT molecular complexity index is 508. The summed E-state index contributed by atoms with van der Waals surface area (Å²) in [5.41, 5.74) is 10.6. The van der Waals surface area contributed by atoms with E-state index in [0.717, 1.165) is 4.90 Å². The monoisotopic (exact) mass is 282 g/mol. The number of likely N-dealkylation sites (tertiary alicyclic amines) is 1. The van der Waals surface area contributed by atoms with Crippen LogP contribution in [0, 0.1) is 5.82 Å². The lowest BCUT2D eigenvalue weighted by Crippen LogP contribution is -2.49. The first-order valence-electron chi connectivity index (χ1n) is 6.03. The Balaban J connectivity index is 1.94. The van der Waals surface area contributed by atoms with Gasteiger partial charge < -0.3 is 15.7 Å². The maximum Gasteiger partial charge on any atom is 0.315 e. The van der Waals surface area contributed by atoms with E-state index in [9.17, 15) is 19.1 Å². The molecule has 1 aromatic rings. The third-order valence-corrected chi connectivity index (χ3v) is 3.04. The van der Waals surface area contributed by atoms with Crippen molar-refractivity contribution in [1.29, 1.82) is 0 Å². The number of nitrogens with zero attached hydrogens (tertiary/aromatic N) is 1. The van der Waals surface area contributed by atoms with Gasteiger partial charge >= 0.3 is 6.03 Å². The summed E-state index contributed by atoms with van der Waals surface area (Å²) in [6.07, 6.45) is -0.649. The Labute approximate surface area is 114 Å². The van der Waals surface area contributed by atoms with E-state index in [-0.39, 0.29) is 18.8 Å². The molecule has 0 bridgehead atoms. The van der Waals surface area contributed by atoms with Gasteiger partial charge in [0, 0.05) is 13.0 Å². The number of amides is 3. The lowest BCUT2D eigenvalue weighted by Gasteiger charge is -2.21. The molecule has 8 heteroatoms. The van der Waals surface area contributed by atoms with Crippen molar-refractivity contribution < 1.29 is 19.1 Å². The summed E-state index contributed by atoms with van der Waals surface area (Å²) in [7, 11) is 0. The molecule has 0 radical (unpaired) electrons. The Hall–Kier alpha value is -2.35. The van der Waals surface area contributed by atoms with Gasteiger partial charge in [0.15, 0.2) is 0 Å². The number of aliphatic hydroxyl groups is 1. The summed E-state index contributed by atoms with van der Waals surface area (Å²) < 4.78 is 12.7. The molecule has 0 aromatic heterocycles. The third kappa shape index (κ3) is 3.15. The van der Waals surface area contributed by atoms with E-state index < -0.39 is 24.1 Å². The minimum absolute atomic E-state index is 0.0317. The fourth-order valence-electron chi connectivity index (χ4n) is 2.06. The average molecular weight is 282 g/mol. The zero-order chi connectivity index (χ0) is 14.7. The van der Waals surface area contributed by atoms with Crippen molar-refractivity contribution in [2.45, 2.75) is 18.6 Å². The Morgan fingerprint density at radius 1 is 1.35 bits per heavy atom. The fraction of sp³-hybridized carbons (Fsp3) is 0.333. The summed E-state index contributed by atoms with van der Waals surface area (Å²) in [6, 6.07) is 3.79. The molecule has 1 fully saturated rings. The van der Waals surface area contributed by atoms with Crippen LogP contribution in [0.25, 0.3) is 0 Å². The number of hydrazine groups is 1. The van der Waals surface area contributed by atoms with Crippen LogP contribution in [0.2, 0.25) is 0 Å². The highest BCUT2D eigenvalue weighted by Crippen LogP contribution is 2.17. The molecular weight excluding hydrogens is 267 g/mol. The van der Waals surface area contributed by atoms with E-state index >= 15 is 0 Å². The Morgan fingerprint density at radius 2 is 2.00 bits per heavy atom. The van der Waals surface area contributed by atoms with Crippen molar-refractivity contribution in [2.75, 3.05) is 12.0 Å². The summed E-state index contributed by atoms with van der Waals surface area (Å²) in [4.78, 5) is 24.2. The molecule has 2 unspecified atom stereocenters. The summed E-state index contributed by atoms with van der Waals surface area (Å²) in [6.45, 7) is 0.0317. The van der Waals surface area contributed by atoms with Crippen LogP contribution in [-0.2, 0) is 4.79 Å². The van der Waals surface area contributed by atoms with E-state index in [0.29, 0.717) is 5.69 Å². The molecule has 2 atom stereocenters. The molecule has 1 heterocycles. The van der Waals surface area contributed by atoms with Crippen LogP contribution in [-0.4, -0.2) is 40.6 Å². The van der Waals surface area contributed by atoms with E-state index in [1.54, 1.807) is 0 Å². The van der Waals surface area contributed by atoms with Crippen LogP contribution in [0.4, 0.5) is 14.9 Å². The predicted molar refractivity (Wildman–Crippen MR) is 68.9 cm³/mol. The topological polar surface area (TPSA) is 108 Å². The number of carbonyl (C=O) groups excluding carboxylic acids is 2. The summed E-state index contributed by atoms with van der Waals surface area (Å²) in [5.74, 6) is -0.884. The average Bonchev–Trinajstić information content (AvgIpc) is 2.80. The number of primary amides is 1. The molecule has 1 aromatic carbocycles. The van der Waals surface area contributed by atoms with E-state index in [2.05, 4.69) is 10.9 Å². The highest BCUT2D eigenvalue weighted by atomic mass is 19.1. The number of anilines is 1. The molecule has 20 heavy (non-hydrogen) atoms. The van der Waals surface area contributed by atoms with E-state index in [4.69, 9.17) is 5.73 Å². The minimum Gasteiger partial charge on any atom is -0.391 e. The quantitative estimate of drug-likeness (QED) is 0.575. The van der Waals surface area contributed by atoms with Gasteiger partial charge in [-0.25, -0.2) is 9.18 Å². The van der Waals surface area contributed by atoms with Gasteiger partial charge in [-0.15, -0.1) is 0 Å². The molecule has 0 spiro atoms. The highest BCUT2D eigenvalue weighted by molar-refractivity contribution is 5.88. The molecule has 5 N–H and O–H groups in total. The van der Waals surface area contributed by atoms with Crippen molar-refractivity contribution in [2.24, 2.45) is 5.73 Å². The van der Waals surface area contributed by atoms with Gasteiger partial charge in [-0.3, -0.25) is 15.6 Å². The largest absolute Gasteiger partial charge is 0.391 e. The number of β-amino-alcohol motifs (C(OH)–C–C–N with tert-alkyl or cyclic N) is 1. The number of carbonyl (C=O) groups is 2. The molecule has 7 nitrogen and oxygen atoms in total. The van der Waals surface area contributed by atoms with Crippen molar-refractivity contribution in [3.05, 3.63) is 30.1 Å². The molecule has 1 aliphatic heterocycles. The second-order valence-electron chi connectivity index (χ2n) is 4.52. The molecule has 1 saturated heterocycles. The number of aliphatic hydroxyl groups excluding tert-OH is 1. The maximum absolute atomic E-state index is 12.7. The van der Waals surface area contributed by atoms with E-state index in [1.165, 1.54) is 24.3 Å². The Kier molecular flexibility index (Phi) is 4.04. The third-order valence-electron chi connectivity index (χ3n) is 3.04. The number of nitrogens with two attached hydrogens (primary N) is 1. The Morgan fingerprint density at radius 3 is 2.60 bits per heavy atom. The van der Waals surface area contributed by atoms with Crippen LogP contribution < -0.4 is 16.6 Å². The van der Waals surface area contributed by atoms with E-state index in [1.807, 2.05) is 0 Å². The second kappa shape index (κ2) is 5.74. The number of nitrogens with one attached hydrogen (secondary N) is 2. The van der Waals surface area contributed by atoms with Gasteiger partial charge in [0.1, 0.15) is 11.9 Å². The molecule has 3 amide bonds. The second-order valence-corrected chi connectivity index (χ2v) is 4.52. The van der Waals surface area contributed by atoms with Crippen molar-refractivity contribution >= 4 is 17.6 Å². The van der Waals surface area contributed by atoms with Crippen molar-refractivity contribution in [1.82, 2.24) is 10.3 Å². The molecule has 2 rings (SSSR count). The van der Waals surface area contributed by atoms with Gasteiger partial charge in [0.25, 0.3) is 5.91 Å². The normalized spacial score (nSPS) is 21.6. The van der Waals surface area contributed by atoms with Gasteiger partial charge in [-0.2, -0.15) is 0 Å². The van der Waals surface area contributed by atoms with Gasteiger partial charge in [0.05, 0.1) is 11.8 Å². The first-order chi connectivity index (χ1) is 9.47. The molecule has 0 aliphatic carbocycles. The highest BCUT2D eigenvalue weighted by Gasteiger charge is 2.38. The summed E-state index contributed by atoms with van der Waals surface area (Å²) >= 11 is 0. The number of hydrogen-bond donors (Lipinski definition) is 4. The maximum atomic E-state index is 12.7. The smallest absolute Gasteiger partial charge is 0.315 e. The lowest BCUT2D eigenvalue weighted by atomic mass is 10.2. The van der Waals surface area contributed by atoms with Gasteiger partial charge in [-0.1, -0.05) is 0 Å².